The first-order chi connectivity index (χ1) is 15.9. The van der Waals surface area contributed by atoms with Gasteiger partial charge in [-0.3, -0.25) is 14.4 Å². The highest BCUT2D eigenvalue weighted by molar-refractivity contribution is 5.94. The molecule has 182 valence electrons. The molecule has 1 aromatic rings. The monoisotopic (exact) mass is 456 g/mol. The smallest absolute Gasteiger partial charge is 0.246 e. The van der Waals surface area contributed by atoms with Crippen LogP contribution in [0.3, 0.4) is 0 Å². The SMILES string of the molecule is CCC(NC)C(=O)NC(C(=O)N1CCC2CCCN(CCc3ccccc3)C(=O)C21)C(C)C. The first-order valence-corrected chi connectivity index (χ1v) is 12.5. The standard InChI is InChI=1S/C26H40N4O3/c1-5-21(27-4)24(31)28-22(18(2)3)25(32)30-17-14-20-12-9-15-29(26(33)23(20)30)16-13-19-10-7-6-8-11-19/h6-8,10-11,18,20-23,27H,5,9,12-17H2,1-4H3,(H,28,31). The fourth-order valence-electron chi connectivity index (χ4n) is 5.18. The van der Waals surface area contributed by atoms with Crippen molar-refractivity contribution in [2.24, 2.45) is 11.8 Å². The quantitative estimate of drug-likeness (QED) is 0.597. The van der Waals surface area contributed by atoms with Crippen LogP contribution in [0, 0.1) is 11.8 Å². The lowest BCUT2D eigenvalue weighted by atomic mass is 9.95. The molecule has 0 aromatic heterocycles. The van der Waals surface area contributed by atoms with E-state index in [2.05, 4.69) is 22.8 Å². The Balaban J connectivity index is 1.73. The highest BCUT2D eigenvalue weighted by Gasteiger charge is 2.46. The Labute approximate surface area is 198 Å². The molecule has 2 fully saturated rings. The van der Waals surface area contributed by atoms with Crippen molar-refractivity contribution in [2.75, 3.05) is 26.7 Å². The number of rotatable bonds is 9. The lowest BCUT2D eigenvalue weighted by Gasteiger charge is -2.34. The van der Waals surface area contributed by atoms with Gasteiger partial charge in [0.2, 0.25) is 17.7 Å². The molecule has 0 aliphatic carbocycles. The van der Waals surface area contributed by atoms with Gasteiger partial charge in [-0.1, -0.05) is 51.1 Å². The molecule has 0 spiro atoms. The van der Waals surface area contributed by atoms with E-state index in [9.17, 15) is 14.4 Å². The van der Waals surface area contributed by atoms with Crippen LogP contribution in [0.2, 0.25) is 0 Å². The normalized spacial score (nSPS) is 22.6. The second kappa shape index (κ2) is 11.6. The zero-order valence-corrected chi connectivity index (χ0v) is 20.5. The molecular weight excluding hydrogens is 416 g/mol. The molecule has 33 heavy (non-hydrogen) atoms. The molecule has 3 amide bonds. The summed E-state index contributed by atoms with van der Waals surface area (Å²) in [5.41, 5.74) is 1.21. The van der Waals surface area contributed by atoms with Crippen LogP contribution in [0.1, 0.15) is 52.0 Å². The molecule has 1 aromatic carbocycles. The number of hydrogen-bond acceptors (Lipinski definition) is 4. The van der Waals surface area contributed by atoms with E-state index < -0.39 is 12.1 Å². The largest absolute Gasteiger partial charge is 0.343 e. The molecule has 2 aliphatic rings. The number of benzene rings is 1. The summed E-state index contributed by atoms with van der Waals surface area (Å²) in [6.07, 6.45) is 4.23. The summed E-state index contributed by atoms with van der Waals surface area (Å²) in [5, 5.41) is 5.96. The molecule has 4 unspecified atom stereocenters. The Morgan fingerprint density at radius 1 is 1.12 bits per heavy atom. The third-order valence-corrected chi connectivity index (χ3v) is 7.19. The fraction of sp³-hybridized carbons (Fsp3) is 0.654. The summed E-state index contributed by atoms with van der Waals surface area (Å²) < 4.78 is 0. The number of nitrogens with zero attached hydrogens (tertiary/aromatic N) is 2. The van der Waals surface area contributed by atoms with Crippen LogP contribution in [-0.2, 0) is 20.8 Å². The summed E-state index contributed by atoms with van der Waals surface area (Å²) in [4.78, 5) is 43.7. The van der Waals surface area contributed by atoms with Gasteiger partial charge in [-0.25, -0.2) is 0 Å². The van der Waals surface area contributed by atoms with Gasteiger partial charge in [-0.05, 0) is 56.6 Å². The van der Waals surface area contributed by atoms with Crippen LogP contribution in [-0.4, -0.2) is 72.3 Å². The number of hydrogen-bond donors (Lipinski definition) is 2. The van der Waals surface area contributed by atoms with Gasteiger partial charge in [0, 0.05) is 19.6 Å². The summed E-state index contributed by atoms with van der Waals surface area (Å²) in [6.45, 7) is 7.81. The van der Waals surface area contributed by atoms with Gasteiger partial charge in [0.15, 0.2) is 0 Å². The molecule has 4 atom stereocenters. The molecular formula is C26H40N4O3. The highest BCUT2D eigenvalue weighted by Crippen LogP contribution is 2.33. The Morgan fingerprint density at radius 3 is 2.48 bits per heavy atom. The Kier molecular flexibility index (Phi) is 8.89. The van der Waals surface area contributed by atoms with Gasteiger partial charge in [0.25, 0.3) is 0 Å². The molecule has 7 nitrogen and oxygen atoms in total. The van der Waals surface area contributed by atoms with Crippen LogP contribution in [0.25, 0.3) is 0 Å². The van der Waals surface area contributed by atoms with E-state index in [0.29, 0.717) is 19.5 Å². The molecule has 2 aliphatic heterocycles. The van der Waals surface area contributed by atoms with Gasteiger partial charge in [0.1, 0.15) is 12.1 Å². The zero-order valence-electron chi connectivity index (χ0n) is 20.5. The summed E-state index contributed by atoms with van der Waals surface area (Å²) in [6, 6.07) is 8.82. The third kappa shape index (κ3) is 5.94. The predicted molar refractivity (Wildman–Crippen MR) is 129 cm³/mol. The predicted octanol–water partition coefficient (Wildman–Crippen LogP) is 2.21. The van der Waals surface area contributed by atoms with Crippen molar-refractivity contribution in [3.05, 3.63) is 35.9 Å². The minimum atomic E-state index is -0.632. The van der Waals surface area contributed by atoms with Crippen molar-refractivity contribution in [1.29, 1.82) is 0 Å². The van der Waals surface area contributed by atoms with Crippen molar-refractivity contribution in [1.82, 2.24) is 20.4 Å². The first-order valence-electron chi connectivity index (χ1n) is 12.5. The number of fused-ring (bicyclic) bond motifs is 1. The van der Waals surface area contributed by atoms with Gasteiger partial charge in [-0.2, -0.15) is 0 Å². The van der Waals surface area contributed by atoms with Gasteiger partial charge in [-0.15, -0.1) is 0 Å². The summed E-state index contributed by atoms with van der Waals surface area (Å²) in [5.74, 6) is -0.0957. The maximum atomic E-state index is 13.6. The fourth-order valence-corrected chi connectivity index (χ4v) is 5.18. The average molecular weight is 457 g/mol. The number of amides is 3. The number of carbonyl (C=O) groups is 3. The Hall–Kier alpha value is -2.41. The van der Waals surface area contributed by atoms with Crippen molar-refractivity contribution in [3.8, 4) is 0 Å². The maximum absolute atomic E-state index is 13.6. The maximum Gasteiger partial charge on any atom is 0.246 e. The van der Waals surface area contributed by atoms with Gasteiger partial charge in [0.05, 0.1) is 6.04 Å². The molecule has 7 heteroatoms. The molecule has 2 N–H and O–H groups in total. The molecule has 3 rings (SSSR count). The van der Waals surface area contributed by atoms with Crippen LogP contribution in [0.5, 0.6) is 0 Å². The van der Waals surface area contributed by atoms with Crippen LogP contribution in [0.15, 0.2) is 30.3 Å². The average Bonchev–Trinajstić information content (AvgIpc) is 3.17. The lowest BCUT2D eigenvalue weighted by molar-refractivity contribution is -0.146. The van der Waals surface area contributed by atoms with Crippen LogP contribution < -0.4 is 10.6 Å². The van der Waals surface area contributed by atoms with E-state index in [1.54, 1.807) is 11.9 Å². The Morgan fingerprint density at radius 2 is 1.85 bits per heavy atom. The van der Waals surface area contributed by atoms with E-state index in [-0.39, 0.29) is 35.6 Å². The molecule has 0 bridgehead atoms. The first kappa shape index (κ1) is 25.2. The highest BCUT2D eigenvalue weighted by atomic mass is 16.2. The van der Waals surface area contributed by atoms with E-state index in [1.807, 2.05) is 43.9 Å². The summed E-state index contributed by atoms with van der Waals surface area (Å²) >= 11 is 0. The minimum absolute atomic E-state index is 0.0646. The lowest BCUT2D eigenvalue weighted by Crippen LogP contribution is -2.58. The van der Waals surface area contributed by atoms with Crippen LogP contribution >= 0.6 is 0 Å². The minimum Gasteiger partial charge on any atom is -0.343 e. The van der Waals surface area contributed by atoms with E-state index in [4.69, 9.17) is 0 Å². The zero-order chi connectivity index (χ0) is 24.0. The van der Waals surface area contributed by atoms with Crippen LogP contribution in [0.4, 0.5) is 0 Å². The second-order valence-corrected chi connectivity index (χ2v) is 9.71. The number of likely N-dealkylation sites (N-methyl/N-ethyl adjacent to an activating group) is 1. The third-order valence-electron chi connectivity index (χ3n) is 7.19. The van der Waals surface area contributed by atoms with Crippen molar-refractivity contribution in [2.45, 2.75) is 71.0 Å². The van der Waals surface area contributed by atoms with Crippen molar-refractivity contribution in [3.63, 3.8) is 0 Å². The number of nitrogens with one attached hydrogen (secondary N) is 2. The molecule has 2 saturated heterocycles. The van der Waals surface area contributed by atoms with E-state index in [0.717, 1.165) is 32.2 Å². The van der Waals surface area contributed by atoms with Crippen molar-refractivity contribution < 1.29 is 14.4 Å². The topological polar surface area (TPSA) is 81.8 Å². The Bertz CT molecular complexity index is 809. The number of carbonyl (C=O) groups excluding carboxylic acids is 3. The van der Waals surface area contributed by atoms with Gasteiger partial charge >= 0.3 is 0 Å². The van der Waals surface area contributed by atoms with E-state index >= 15 is 0 Å². The van der Waals surface area contributed by atoms with E-state index in [1.165, 1.54) is 5.56 Å². The molecule has 0 radical (unpaired) electrons. The second-order valence-electron chi connectivity index (χ2n) is 9.71. The number of likely N-dealkylation sites (tertiary alicyclic amines) is 2. The molecule has 0 saturated carbocycles. The van der Waals surface area contributed by atoms with Gasteiger partial charge < -0.3 is 20.4 Å². The summed E-state index contributed by atoms with van der Waals surface area (Å²) in [7, 11) is 1.75. The molecule has 2 heterocycles. The van der Waals surface area contributed by atoms with Crippen molar-refractivity contribution >= 4 is 17.7 Å².